The number of thiophene rings is 1. The van der Waals surface area contributed by atoms with Crippen molar-refractivity contribution in [3.8, 4) is 11.5 Å². The highest BCUT2D eigenvalue weighted by molar-refractivity contribution is 7.12. The van der Waals surface area contributed by atoms with Gasteiger partial charge in [0.2, 0.25) is 0 Å². The first-order valence-electron chi connectivity index (χ1n) is 6.83. The molecule has 0 aliphatic carbocycles. The largest absolute Gasteiger partial charge is 0.486 e. The van der Waals surface area contributed by atoms with Gasteiger partial charge in [-0.2, -0.15) is 0 Å². The third-order valence-corrected chi connectivity index (χ3v) is 4.88. The van der Waals surface area contributed by atoms with E-state index in [1.54, 1.807) is 0 Å². The van der Waals surface area contributed by atoms with Gasteiger partial charge in [-0.05, 0) is 50.2 Å². The van der Waals surface area contributed by atoms with E-state index in [0.29, 0.717) is 13.2 Å². The van der Waals surface area contributed by atoms with E-state index in [-0.39, 0.29) is 6.04 Å². The fraction of sp³-hybridized carbons (Fsp3) is 0.375. The van der Waals surface area contributed by atoms with E-state index in [4.69, 9.17) is 9.47 Å². The van der Waals surface area contributed by atoms with Crippen LogP contribution in [0.2, 0.25) is 0 Å². The number of nitrogens with one attached hydrogen (secondary N) is 1. The summed E-state index contributed by atoms with van der Waals surface area (Å²) in [7, 11) is 1.99. The molecule has 1 aromatic carbocycles. The van der Waals surface area contributed by atoms with Crippen molar-refractivity contribution >= 4 is 11.3 Å². The van der Waals surface area contributed by atoms with Crippen molar-refractivity contribution in [1.82, 2.24) is 5.32 Å². The van der Waals surface area contributed by atoms with E-state index in [1.165, 1.54) is 20.9 Å². The number of benzene rings is 1. The monoisotopic (exact) mass is 289 g/mol. The van der Waals surface area contributed by atoms with Gasteiger partial charge in [0.25, 0.3) is 0 Å². The molecule has 2 heterocycles. The van der Waals surface area contributed by atoms with Crippen LogP contribution in [0.4, 0.5) is 0 Å². The summed E-state index contributed by atoms with van der Waals surface area (Å²) < 4.78 is 11.3. The second kappa shape index (κ2) is 5.46. The van der Waals surface area contributed by atoms with Crippen LogP contribution < -0.4 is 14.8 Å². The Bertz CT molecular complexity index is 601. The highest BCUT2D eigenvalue weighted by atomic mass is 32.1. The lowest BCUT2D eigenvalue weighted by Gasteiger charge is -2.21. The summed E-state index contributed by atoms with van der Waals surface area (Å²) in [5.74, 6) is 1.69. The van der Waals surface area contributed by atoms with E-state index < -0.39 is 0 Å². The summed E-state index contributed by atoms with van der Waals surface area (Å²) in [6.45, 7) is 5.58. The summed E-state index contributed by atoms with van der Waals surface area (Å²) in [6.07, 6.45) is 0. The molecule has 1 aliphatic rings. The number of hydrogen-bond acceptors (Lipinski definition) is 4. The molecule has 1 N–H and O–H groups in total. The van der Waals surface area contributed by atoms with Gasteiger partial charge in [0.05, 0.1) is 6.04 Å². The number of fused-ring (bicyclic) bond motifs is 1. The summed E-state index contributed by atoms with van der Waals surface area (Å²) in [5.41, 5.74) is 2.56. The lowest BCUT2D eigenvalue weighted by molar-refractivity contribution is 0.171. The maximum absolute atomic E-state index is 5.67. The minimum absolute atomic E-state index is 0.197. The van der Waals surface area contributed by atoms with Crippen LogP contribution in [0.15, 0.2) is 24.3 Å². The molecule has 106 valence electrons. The van der Waals surface area contributed by atoms with Gasteiger partial charge in [-0.1, -0.05) is 6.07 Å². The SMILES string of the molecule is CNC(c1ccc2c(c1)OCCO2)c1cc(C)c(C)s1. The quantitative estimate of drug-likeness (QED) is 0.939. The van der Waals surface area contributed by atoms with Gasteiger partial charge in [-0.25, -0.2) is 0 Å². The van der Waals surface area contributed by atoms with Crippen molar-refractivity contribution in [3.05, 3.63) is 45.1 Å². The van der Waals surface area contributed by atoms with E-state index >= 15 is 0 Å². The first-order chi connectivity index (χ1) is 9.69. The molecule has 1 aromatic heterocycles. The van der Waals surface area contributed by atoms with Gasteiger partial charge in [0.1, 0.15) is 13.2 Å². The van der Waals surface area contributed by atoms with E-state index in [9.17, 15) is 0 Å². The Labute approximate surface area is 123 Å². The third-order valence-electron chi connectivity index (χ3n) is 3.66. The molecule has 3 rings (SSSR count). The standard InChI is InChI=1S/C16H19NO2S/c1-10-8-15(20-11(10)2)16(17-3)12-4-5-13-14(9-12)19-7-6-18-13/h4-5,8-9,16-17H,6-7H2,1-3H3. The number of rotatable bonds is 3. The highest BCUT2D eigenvalue weighted by Gasteiger charge is 2.19. The molecule has 0 saturated carbocycles. The Morgan fingerprint density at radius 3 is 2.50 bits per heavy atom. The van der Waals surface area contributed by atoms with Crippen LogP contribution in [0.3, 0.4) is 0 Å². The molecule has 0 fully saturated rings. The molecule has 4 heteroatoms. The van der Waals surface area contributed by atoms with Gasteiger partial charge in [0, 0.05) is 9.75 Å². The van der Waals surface area contributed by atoms with Crippen molar-refractivity contribution in [1.29, 1.82) is 0 Å². The zero-order valence-electron chi connectivity index (χ0n) is 12.0. The fourth-order valence-corrected chi connectivity index (χ4v) is 3.64. The maximum atomic E-state index is 5.67. The number of aryl methyl sites for hydroxylation is 2. The third kappa shape index (κ3) is 2.41. The van der Waals surface area contributed by atoms with E-state index in [0.717, 1.165) is 11.5 Å². The fourth-order valence-electron chi connectivity index (χ4n) is 2.46. The average molecular weight is 289 g/mol. The lowest BCUT2D eigenvalue weighted by atomic mass is 10.0. The van der Waals surface area contributed by atoms with Gasteiger partial charge < -0.3 is 14.8 Å². The molecule has 1 unspecified atom stereocenters. The number of ether oxygens (including phenoxy) is 2. The minimum Gasteiger partial charge on any atom is -0.486 e. The van der Waals surface area contributed by atoms with E-state index in [1.807, 2.05) is 24.5 Å². The van der Waals surface area contributed by atoms with Crippen LogP contribution >= 0.6 is 11.3 Å². The van der Waals surface area contributed by atoms with Gasteiger partial charge in [0.15, 0.2) is 11.5 Å². The molecular formula is C16H19NO2S. The average Bonchev–Trinajstić information content (AvgIpc) is 2.79. The molecule has 0 spiro atoms. The molecular weight excluding hydrogens is 270 g/mol. The smallest absolute Gasteiger partial charge is 0.161 e. The van der Waals surface area contributed by atoms with Crippen LogP contribution in [0, 0.1) is 13.8 Å². The minimum atomic E-state index is 0.197. The molecule has 20 heavy (non-hydrogen) atoms. The molecule has 2 aromatic rings. The van der Waals surface area contributed by atoms with Crippen molar-refractivity contribution in [2.24, 2.45) is 0 Å². The van der Waals surface area contributed by atoms with Crippen LogP contribution in [-0.2, 0) is 0 Å². The number of hydrogen-bond donors (Lipinski definition) is 1. The lowest BCUT2D eigenvalue weighted by Crippen LogP contribution is -2.18. The summed E-state index contributed by atoms with van der Waals surface area (Å²) >= 11 is 1.84. The second-order valence-electron chi connectivity index (χ2n) is 5.01. The summed E-state index contributed by atoms with van der Waals surface area (Å²) in [6, 6.07) is 8.65. The molecule has 0 saturated heterocycles. The maximum Gasteiger partial charge on any atom is 0.161 e. The Morgan fingerprint density at radius 2 is 1.85 bits per heavy atom. The summed E-state index contributed by atoms with van der Waals surface area (Å²) in [4.78, 5) is 2.71. The van der Waals surface area contributed by atoms with Crippen LogP contribution in [-0.4, -0.2) is 20.3 Å². The highest BCUT2D eigenvalue weighted by Crippen LogP contribution is 2.36. The molecule has 1 atom stereocenters. The molecule has 3 nitrogen and oxygen atoms in total. The van der Waals surface area contributed by atoms with Crippen molar-refractivity contribution in [3.63, 3.8) is 0 Å². The molecule has 1 aliphatic heterocycles. The van der Waals surface area contributed by atoms with Gasteiger partial charge in [-0.15, -0.1) is 11.3 Å². The van der Waals surface area contributed by atoms with Crippen LogP contribution in [0.25, 0.3) is 0 Å². The first kappa shape index (κ1) is 13.5. The molecule has 0 amide bonds. The Balaban J connectivity index is 1.96. The molecule has 0 bridgehead atoms. The predicted octanol–water partition coefficient (Wildman–Crippen LogP) is 3.44. The van der Waals surface area contributed by atoms with Crippen molar-refractivity contribution < 1.29 is 9.47 Å². The Kier molecular flexibility index (Phi) is 3.68. The second-order valence-corrected chi connectivity index (χ2v) is 6.30. The zero-order valence-corrected chi connectivity index (χ0v) is 12.8. The predicted molar refractivity (Wildman–Crippen MR) is 82.1 cm³/mol. The van der Waals surface area contributed by atoms with Crippen molar-refractivity contribution in [2.75, 3.05) is 20.3 Å². The zero-order chi connectivity index (χ0) is 14.1. The normalized spacial score (nSPS) is 15.2. The van der Waals surface area contributed by atoms with Crippen molar-refractivity contribution in [2.45, 2.75) is 19.9 Å². The van der Waals surface area contributed by atoms with Crippen LogP contribution in [0.5, 0.6) is 11.5 Å². The Hall–Kier alpha value is -1.52. The van der Waals surface area contributed by atoms with Crippen LogP contribution in [0.1, 0.15) is 26.9 Å². The molecule has 0 radical (unpaired) electrons. The van der Waals surface area contributed by atoms with E-state index in [2.05, 4.69) is 37.4 Å². The van der Waals surface area contributed by atoms with Gasteiger partial charge in [-0.3, -0.25) is 0 Å². The summed E-state index contributed by atoms with van der Waals surface area (Å²) in [5, 5.41) is 3.40. The first-order valence-corrected chi connectivity index (χ1v) is 7.64. The van der Waals surface area contributed by atoms with Gasteiger partial charge >= 0.3 is 0 Å². The topological polar surface area (TPSA) is 30.5 Å². The Morgan fingerprint density at radius 1 is 1.10 bits per heavy atom.